The Morgan fingerprint density at radius 3 is 2.53 bits per heavy atom. The van der Waals surface area contributed by atoms with E-state index >= 15 is 0 Å². The number of halogens is 3. The number of benzene rings is 2. The average Bonchev–Trinajstić information content (AvgIpc) is 3.04. The van der Waals surface area contributed by atoms with Crippen molar-refractivity contribution in [1.29, 1.82) is 0 Å². The minimum Gasteiger partial charge on any atom is -0.279 e. The number of pyridine rings is 1. The lowest BCUT2D eigenvalue weighted by Gasteiger charge is -2.17. The summed E-state index contributed by atoms with van der Waals surface area (Å²) in [5.74, 6) is 0. The number of hydrogen-bond acceptors (Lipinski definition) is 4. The van der Waals surface area contributed by atoms with E-state index in [-0.39, 0.29) is 17.1 Å². The third-order valence-electron chi connectivity index (χ3n) is 5.04. The van der Waals surface area contributed by atoms with Crippen LogP contribution >= 0.6 is 0 Å². The minimum absolute atomic E-state index is 0.0492. The molecule has 0 radical (unpaired) electrons. The molecule has 2 aromatic heterocycles. The summed E-state index contributed by atoms with van der Waals surface area (Å²) in [5, 5.41) is 5.34. The molecule has 0 spiro atoms. The van der Waals surface area contributed by atoms with E-state index in [9.17, 15) is 21.6 Å². The van der Waals surface area contributed by atoms with Gasteiger partial charge in [0.2, 0.25) is 0 Å². The van der Waals surface area contributed by atoms with Crippen molar-refractivity contribution in [3.05, 3.63) is 83.4 Å². The topological polar surface area (TPSA) is 76.9 Å². The van der Waals surface area contributed by atoms with Gasteiger partial charge >= 0.3 is 6.18 Å². The molecule has 0 aliphatic carbocycles. The Kier molecular flexibility index (Phi) is 5.41. The van der Waals surface area contributed by atoms with Gasteiger partial charge in [-0.1, -0.05) is 18.2 Å². The number of fused-ring (bicyclic) bond motifs is 1. The van der Waals surface area contributed by atoms with Gasteiger partial charge in [0.1, 0.15) is 0 Å². The van der Waals surface area contributed by atoms with Crippen molar-refractivity contribution < 1.29 is 21.6 Å². The first kappa shape index (κ1) is 21.8. The van der Waals surface area contributed by atoms with Crippen LogP contribution in [0.25, 0.3) is 10.8 Å². The van der Waals surface area contributed by atoms with Crippen LogP contribution in [0.3, 0.4) is 0 Å². The molecule has 0 fully saturated rings. The second-order valence-corrected chi connectivity index (χ2v) is 9.06. The first-order chi connectivity index (χ1) is 15.0. The van der Waals surface area contributed by atoms with E-state index in [0.29, 0.717) is 16.3 Å². The van der Waals surface area contributed by atoms with Gasteiger partial charge in [0.25, 0.3) is 10.0 Å². The van der Waals surface area contributed by atoms with E-state index in [4.69, 9.17) is 0 Å². The highest BCUT2D eigenvalue weighted by Crippen LogP contribution is 2.34. The quantitative estimate of drug-likeness (QED) is 0.459. The molecule has 0 aliphatic heterocycles. The fourth-order valence-corrected chi connectivity index (χ4v) is 4.83. The van der Waals surface area contributed by atoms with Gasteiger partial charge in [-0.3, -0.25) is 14.4 Å². The standard InChI is InChI=1S/C22H19F3N4O2S/c1-14-10-15(2)29(27-14)13-17-6-7-18(22(23,24)25)11-20(17)28-32(30,31)21-5-3-4-16-12-26-9-8-19(16)21/h3-12,28H,13H2,1-2H3. The van der Waals surface area contributed by atoms with E-state index in [1.165, 1.54) is 24.5 Å². The van der Waals surface area contributed by atoms with Gasteiger partial charge in [-0.05, 0) is 49.7 Å². The number of alkyl halides is 3. The molecule has 166 valence electrons. The van der Waals surface area contributed by atoms with Gasteiger partial charge in [-0.15, -0.1) is 0 Å². The Labute approximate surface area is 182 Å². The Hall–Kier alpha value is -3.40. The van der Waals surface area contributed by atoms with Gasteiger partial charge in [-0.2, -0.15) is 18.3 Å². The molecule has 4 aromatic rings. The van der Waals surface area contributed by atoms with Crippen LogP contribution in [-0.2, 0) is 22.7 Å². The lowest BCUT2D eigenvalue weighted by molar-refractivity contribution is -0.137. The lowest BCUT2D eigenvalue weighted by Crippen LogP contribution is -2.17. The summed E-state index contributed by atoms with van der Waals surface area (Å²) < 4.78 is 70.5. The van der Waals surface area contributed by atoms with Crippen LogP contribution in [0.1, 0.15) is 22.5 Å². The minimum atomic E-state index is -4.62. The van der Waals surface area contributed by atoms with Crippen LogP contribution in [0, 0.1) is 13.8 Å². The molecule has 0 saturated carbocycles. The van der Waals surface area contributed by atoms with E-state index < -0.39 is 21.8 Å². The predicted octanol–water partition coefficient (Wildman–Crippen LogP) is 4.92. The van der Waals surface area contributed by atoms with E-state index in [2.05, 4.69) is 14.8 Å². The highest BCUT2D eigenvalue weighted by molar-refractivity contribution is 7.93. The smallest absolute Gasteiger partial charge is 0.279 e. The summed E-state index contributed by atoms with van der Waals surface area (Å²) in [6, 6.07) is 11.1. The van der Waals surface area contributed by atoms with Gasteiger partial charge in [0.05, 0.1) is 28.4 Å². The summed E-state index contributed by atoms with van der Waals surface area (Å²) in [6.07, 6.45) is -1.64. The monoisotopic (exact) mass is 460 g/mol. The summed E-state index contributed by atoms with van der Waals surface area (Å²) in [6.45, 7) is 3.72. The first-order valence-corrected chi connectivity index (χ1v) is 11.1. The number of rotatable bonds is 5. The first-order valence-electron chi connectivity index (χ1n) is 9.61. The third kappa shape index (κ3) is 4.31. The highest BCUT2D eigenvalue weighted by atomic mass is 32.2. The molecule has 32 heavy (non-hydrogen) atoms. The number of nitrogens with one attached hydrogen (secondary N) is 1. The normalized spacial score (nSPS) is 12.3. The third-order valence-corrected chi connectivity index (χ3v) is 6.46. The van der Waals surface area contributed by atoms with Crippen molar-refractivity contribution in [2.45, 2.75) is 31.5 Å². The summed E-state index contributed by atoms with van der Waals surface area (Å²) in [5.41, 5.74) is 0.807. The van der Waals surface area contributed by atoms with Crippen molar-refractivity contribution in [2.75, 3.05) is 4.72 Å². The molecule has 0 bridgehead atoms. The molecule has 0 unspecified atom stereocenters. The molecule has 2 aromatic carbocycles. The molecular formula is C22H19F3N4O2S. The maximum Gasteiger partial charge on any atom is 0.416 e. The zero-order valence-electron chi connectivity index (χ0n) is 17.2. The molecule has 4 rings (SSSR count). The summed E-state index contributed by atoms with van der Waals surface area (Å²) in [7, 11) is -4.20. The van der Waals surface area contributed by atoms with E-state index in [0.717, 1.165) is 23.5 Å². The molecule has 0 atom stereocenters. The van der Waals surface area contributed by atoms with Crippen LogP contribution in [-0.4, -0.2) is 23.2 Å². The maximum atomic E-state index is 13.4. The summed E-state index contributed by atoms with van der Waals surface area (Å²) in [4.78, 5) is 3.93. The number of sulfonamides is 1. The molecule has 0 aliphatic rings. The van der Waals surface area contributed by atoms with Crippen molar-refractivity contribution in [3.8, 4) is 0 Å². The molecule has 10 heteroatoms. The zero-order valence-corrected chi connectivity index (χ0v) is 18.0. The second kappa shape index (κ2) is 7.94. The van der Waals surface area contributed by atoms with Gasteiger partial charge < -0.3 is 0 Å². The van der Waals surface area contributed by atoms with Crippen LogP contribution in [0.5, 0.6) is 0 Å². The molecule has 1 N–H and O–H groups in total. The van der Waals surface area contributed by atoms with Crippen LogP contribution < -0.4 is 4.72 Å². The number of nitrogens with zero attached hydrogens (tertiary/aromatic N) is 3. The number of aryl methyl sites for hydroxylation is 2. The molecular weight excluding hydrogens is 441 g/mol. The Balaban J connectivity index is 1.80. The van der Waals surface area contributed by atoms with Crippen LogP contribution in [0.15, 0.2) is 65.8 Å². The van der Waals surface area contributed by atoms with Gasteiger partial charge in [0.15, 0.2) is 0 Å². The largest absolute Gasteiger partial charge is 0.416 e. The van der Waals surface area contributed by atoms with E-state index in [1.807, 2.05) is 13.0 Å². The Morgan fingerprint density at radius 1 is 1.06 bits per heavy atom. The maximum absolute atomic E-state index is 13.4. The van der Waals surface area contributed by atoms with Crippen molar-refractivity contribution in [3.63, 3.8) is 0 Å². The molecule has 2 heterocycles. The Morgan fingerprint density at radius 2 is 1.84 bits per heavy atom. The Bertz CT molecular complexity index is 1410. The van der Waals surface area contributed by atoms with Crippen molar-refractivity contribution in [2.24, 2.45) is 0 Å². The van der Waals surface area contributed by atoms with Crippen molar-refractivity contribution >= 4 is 26.5 Å². The lowest BCUT2D eigenvalue weighted by atomic mass is 10.1. The van der Waals surface area contributed by atoms with Crippen LogP contribution in [0.2, 0.25) is 0 Å². The fraction of sp³-hybridized carbons (Fsp3) is 0.182. The van der Waals surface area contributed by atoms with Gasteiger partial charge in [-0.25, -0.2) is 8.42 Å². The van der Waals surface area contributed by atoms with Crippen LogP contribution in [0.4, 0.5) is 18.9 Å². The fourth-order valence-electron chi connectivity index (χ4n) is 3.51. The van der Waals surface area contributed by atoms with Crippen molar-refractivity contribution in [1.82, 2.24) is 14.8 Å². The SMILES string of the molecule is Cc1cc(C)n(Cc2ccc(C(F)(F)F)cc2NS(=O)(=O)c2cccc3cnccc23)n1. The zero-order chi connectivity index (χ0) is 23.1. The average molecular weight is 460 g/mol. The summed E-state index contributed by atoms with van der Waals surface area (Å²) >= 11 is 0. The molecule has 0 saturated heterocycles. The number of anilines is 1. The molecule has 0 amide bonds. The number of hydrogen-bond donors (Lipinski definition) is 1. The molecule has 6 nitrogen and oxygen atoms in total. The van der Waals surface area contributed by atoms with E-state index in [1.54, 1.807) is 29.8 Å². The van der Waals surface area contributed by atoms with Gasteiger partial charge in [0, 0.05) is 28.9 Å². The predicted molar refractivity (Wildman–Crippen MR) is 115 cm³/mol. The second-order valence-electron chi connectivity index (χ2n) is 7.41. The number of aromatic nitrogens is 3. The highest BCUT2D eigenvalue weighted by Gasteiger charge is 2.32.